The zero-order chi connectivity index (χ0) is 18.4. The highest BCUT2D eigenvalue weighted by Gasteiger charge is 2.42. The number of para-hydroxylation sites is 1. The largest absolute Gasteiger partial charge is 0.343 e. The van der Waals surface area contributed by atoms with Gasteiger partial charge in [-0.1, -0.05) is 36.4 Å². The number of urea groups is 1. The van der Waals surface area contributed by atoms with Crippen LogP contribution in [0, 0.1) is 13.8 Å². The molecule has 0 aromatic heterocycles. The quantitative estimate of drug-likeness (QED) is 0.781. The van der Waals surface area contributed by atoms with Crippen molar-refractivity contribution >= 4 is 27.4 Å². The molecule has 2 aromatic rings. The lowest BCUT2D eigenvalue weighted by Gasteiger charge is -2.37. The molecule has 0 saturated carbocycles. The fraction of sp³-hybridized carbons (Fsp3) is 0.211. The third-order valence-electron chi connectivity index (χ3n) is 4.09. The molecule has 5 nitrogen and oxygen atoms in total. The summed E-state index contributed by atoms with van der Waals surface area (Å²) in [7, 11) is -3.98. The van der Waals surface area contributed by atoms with Crippen LogP contribution in [0.4, 0.5) is 16.2 Å². The Hall–Kier alpha value is -2.60. The Morgan fingerprint density at radius 1 is 1.08 bits per heavy atom. The van der Waals surface area contributed by atoms with Crippen molar-refractivity contribution in [2.45, 2.75) is 25.7 Å². The summed E-state index contributed by atoms with van der Waals surface area (Å²) in [5, 5.41) is 0. The van der Waals surface area contributed by atoms with Gasteiger partial charge in [-0.15, -0.1) is 0 Å². The van der Waals surface area contributed by atoms with E-state index in [0.717, 1.165) is 21.0 Å². The number of amides is 2. The predicted octanol–water partition coefficient (Wildman–Crippen LogP) is 4.01. The summed E-state index contributed by atoms with van der Waals surface area (Å²) < 4.78 is 27.2. The zero-order valence-electron chi connectivity index (χ0n) is 14.5. The first-order valence-corrected chi connectivity index (χ1v) is 9.35. The van der Waals surface area contributed by atoms with Gasteiger partial charge in [0.2, 0.25) is 0 Å². The lowest BCUT2D eigenvalue weighted by molar-refractivity contribution is 0.254. The predicted molar refractivity (Wildman–Crippen MR) is 99.6 cm³/mol. The standard InChI is InChI=1S/C19H20N2O3S/c1-13(2)12-20-16-7-5-6-8-18(16)25(23,24)21(19(20)22)17-11-14(3)9-10-15(17)4/h5-11H,1,12H2,2-4H3. The molecule has 0 aliphatic carbocycles. The molecule has 2 amide bonds. The number of anilines is 2. The summed E-state index contributed by atoms with van der Waals surface area (Å²) in [4.78, 5) is 14.7. The number of hydrogen-bond donors (Lipinski definition) is 0. The molecule has 6 heteroatoms. The van der Waals surface area contributed by atoms with Crippen LogP contribution in [0.25, 0.3) is 0 Å². The summed E-state index contributed by atoms with van der Waals surface area (Å²) in [6, 6.07) is 11.4. The first-order valence-electron chi connectivity index (χ1n) is 7.91. The highest BCUT2D eigenvalue weighted by atomic mass is 32.2. The molecule has 0 unspecified atom stereocenters. The Morgan fingerprint density at radius 2 is 1.76 bits per heavy atom. The number of rotatable bonds is 3. The van der Waals surface area contributed by atoms with Gasteiger partial charge in [-0.05, 0) is 50.1 Å². The van der Waals surface area contributed by atoms with E-state index in [0.29, 0.717) is 11.4 Å². The number of carbonyl (C=O) groups is 1. The lowest BCUT2D eigenvalue weighted by atomic mass is 10.1. The van der Waals surface area contributed by atoms with Crippen molar-refractivity contribution in [2.75, 3.05) is 15.7 Å². The monoisotopic (exact) mass is 356 g/mol. The van der Waals surface area contributed by atoms with Crippen molar-refractivity contribution in [1.29, 1.82) is 0 Å². The molecule has 0 atom stereocenters. The molecule has 0 spiro atoms. The minimum atomic E-state index is -3.98. The van der Waals surface area contributed by atoms with E-state index in [9.17, 15) is 13.2 Å². The second kappa shape index (κ2) is 6.04. The second-order valence-corrected chi connectivity index (χ2v) is 8.11. The van der Waals surface area contributed by atoms with Gasteiger partial charge in [0.05, 0.1) is 11.4 Å². The van der Waals surface area contributed by atoms with Gasteiger partial charge < -0.3 is 0 Å². The molecule has 1 heterocycles. The maximum absolute atomic E-state index is 13.2. The van der Waals surface area contributed by atoms with Crippen LogP contribution in [0.2, 0.25) is 0 Å². The molecule has 1 aliphatic rings. The number of aryl methyl sites for hydroxylation is 2. The highest BCUT2D eigenvalue weighted by molar-refractivity contribution is 7.94. The van der Waals surface area contributed by atoms with Crippen LogP contribution in [-0.4, -0.2) is 21.0 Å². The van der Waals surface area contributed by atoms with Crippen LogP contribution in [0.3, 0.4) is 0 Å². The van der Waals surface area contributed by atoms with Gasteiger partial charge in [-0.25, -0.2) is 13.2 Å². The van der Waals surface area contributed by atoms with Crippen molar-refractivity contribution in [3.8, 4) is 0 Å². The average Bonchev–Trinajstić information content (AvgIpc) is 2.54. The van der Waals surface area contributed by atoms with Crippen LogP contribution in [0.1, 0.15) is 18.1 Å². The molecule has 0 N–H and O–H groups in total. The van der Waals surface area contributed by atoms with E-state index in [1.54, 1.807) is 38.1 Å². The van der Waals surface area contributed by atoms with Gasteiger partial charge >= 0.3 is 6.03 Å². The highest BCUT2D eigenvalue weighted by Crippen LogP contribution is 2.38. The molecule has 0 bridgehead atoms. The van der Waals surface area contributed by atoms with Crippen LogP contribution in [-0.2, 0) is 10.0 Å². The first-order chi connectivity index (χ1) is 11.7. The molecule has 0 saturated heterocycles. The number of hydrogen-bond acceptors (Lipinski definition) is 3. The Labute approximate surface area is 148 Å². The van der Waals surface area contributed by atoms with Gasteiger partial charge in [-0.2, -0.15) is 4.31 Å². The normalized spacial score (nSPS) is 15.9. The Bertz CT molecular complexity index is 980. The van der Waals surface area contributed by atoms with E-state index >= 15 is 0 Å². The van der Waals surface area contributed by atoms with Crippen LogP contribution in [0.15, 0.2) is 59.5 Å². The molecule has 1 aliphatic heterocycles. The van der Waals surface area contributed by atoms with Gasteiger partial charge in [0, 0.05) is 6.54 Å². The topological polar surface area (TPSA) is 57.7 Å². The smallest absolute Gasteiger partial charge is 0.288 e. The fourth-order valence-electron chi connectivity index (χ4n) is 2.91. The van der Waals surface area contributed by atoms with Gasteiger partial charge in [0.1, 0.15) is 4.90 Å². The summed E-state index contributed by atoms with van der Waals surface area (Å²) in [5.74, 6) is 0. The van der Waals surface area contributed by atoms with Crippen LogP contribution in [0.5, 0.6) is 0 Å². The molecular formula is C19H20N2O3S. The van der Waals surface area contributed by atoms with E-state index in [-0.39, 0.29) is 11.4 Å². The van der Waals surface area contributed by atoms with Crippen molar-refractivity contribution < 1.29 is 13.2 Å². The maximum atomic E-state index is 13.2. The number of nitrogens with zero attached hydrogens (tertiary/aromatic N) is 2. The number of benzene rings is 2. The van der Waals surface area contributed by atoms with Crippen molar-refractivity contribution in [2.24, 2.45) is 0 Å². The molecule has 130 valence electrons. The Morgan fingerprint density at radius 3 is 2.44 bits per heavy atom. The van der Waals surface area contributed by atoms with E-state index in [4.69, 9.17) is 0 Å². The molecule has 25 heavy (non-hydrogen) atoms. The SMILES string of the molecule is C=C(C)CN1C(=O)N(c2cc(C)ccc2C)S(=O)(=O)c2ccccc21. The third-order valence-corrected chi connectivity index (χ3v) is 5.83. The summed E-state index contributed by atoms with van der Waals surface area (Å²) in [6.07, 6.45) is 0. The second-order valence-electron chi connectivity index (χ2n) is 6.35. The fourth-order valence-corrected chi connectivity index (χ4v) is 4.56. The van der Waals surface area contributed by atoms with E-state index < -0.39 is 16.1 Å². The molecular weight excluding hydrogens is 336 g/mol. The van der Waals surface area contributed by atoms with Crippen molar-refractivity contribution in [1.82, 2.24) is 0 Å². The molecule has 0 radical (unpaired) electrons. The summed E-state index contributed by atoms with van der Waals surface area (Å²) in [5.41, 5.74) is 3.14. The van der Waals surface area contributed by atoms with Crippen LogP contribution < -0.4 is 9.21 Å². The van der Waals surface area contributed by atoms with E-state index in [2.05, 4.69) is 6.58 Å². The molecule has 2 aromatic carbocycles. The van der Waals surface area contributed by atoms with E-state index in [1.807, 2.05) is 19.1 Å². The third kappa shape index (κ3) is 2.82. The van der Waals surface area contributed by atoms with Gasteiger partial charge in [0.15, 0.2) is 0 Å². The van der Waals surface area contributed by atoms with Crippen LogP contribution >= 0.6 is 0 Å². The Kier molecular flexibility index (Phi) is 4.16. The maximum Gasteiger partial charge on any atom is 0.343 e. The number of carbonyl (C=O) groups excluding carboxylic acids is 1. The minimum Gasteiger partial charge on any atom is -0.288 e. The van der Waals surface area contributed by atoms with Crippen molar-refractivity contribution in [3.05, 3.63) is 65.7 Å². The average molecular weight is 356 g/mol. The molecule has 0 fully saturated rings. The van der Waals surface area contributed by atoms with Gasteiger partial charge in [0.25, 0.3) is 10.0 Å². The van der Waals surface area contributed by atoms with E-state index in [1.165, 1.54) is 11.0 Å². The summed E-state index contributed by atoms with van der Waals surface area (Å²) in [6.45, 7) is 9.58. The Balaban J connectivity index is 2.28. The summed E-state index contributed by atoms with van der Waals surface area (Å²) >= 11 is 0. The zero-order valence-corrected chi connectivity index (χ0v) is 15.3. The molecule has 3 rings (SSSR count). The number of fused-ring (bicyclic) bond motifs is 1. The van der Waals surface area contributed by atoms with Gasteiger partial charge in [-0.3, -0.25) is 4.90 Å². The minimum absolute atomic E-state index is 0.122. The lowest BCUT2D eigenvalue weighted by Crippen LogP contribution is -2.51. The number of sulfonamides is 1. The van der Waals surface area contributed by atoms with Crippen molar-refractivity contribution in [3.63, 3.8) is 0 Å². The first kappa shape index (κ1) is 17.2.